The molecular formula is C29H25ClF3N3O2. The lowest BCUT2D eigenvalue weighted by molar-refractivity contribution is -0.129. The number of aromatic nitrogens is 1. The van der Waals surface area contributed by atoms with Crippen LogP contribution < -0.4 is 5.32 Å². The molecule has 0 unspecified atom stereocenters. The van der Waals surface area contributed by atoms with E-state index in [9.17, 15) is 18.4 Å². The topological polar surface area (TPSA) is 62.3 Å². The standard InChI is InChI=1S/C29H25ClF3N3O2/c1-16-4-2-7-24(36-13-11-18(15-25(36)37)27-21(32)9-8-19(30)28(27)33)23-14-17(10-12-34-23)26-20(31)5-3-6-22(26)35-29(16)38/h3,5-6,8-10,12,14-16,24H,2,4,7,11,13H2,1H3,(H,35,38)/t16-,24+/m1/s1. The summed E-state index contributed by atoms with van der Waals surface area (Å²) in [4.78, 5) is 32.3. The minimum atomic E-state index is -0.896. The van der Waals surface area contributed by atoms with Crippen LogP contribution in [0.3, 0.4) is 0 Å². The number of hydrogen-bond donors (Lipinski definition) is 1. The normalized spacial score (nSPS) is 20.1. The van der Waals surface area contributed by atoms with E-state index in [4.69, 9.17) is 11.6 Å². The first-order valence-electron chi connectivity index (χ1n) is 12.5. The minimum absolute atomic E-state index is 0.202. The largest absolute Gasteiger partial charge is 0.330 e. The number of carbonyl (C=O) groups is 2. The highest BCUT2D eigenvalue weighted by Gasteiger charge is 2.31. The molecule has 2 aliphatic heterocycles. The average Bonchev–Trinajstić information content (AvgIpc) is 2.89. The molecule has 9 heteroatoms. The van der Waals surface area contributed by atoms with Crippen LogP contribution in [0.5, 0.6) is 0 Å². The van der Waals surface area contributed by atoms with Gasteiger partial charge in [0.1, 0.15) is 11.6 Å². The monoisotopic (exact) mass is 539 g/mol. The highest BCUT2D eigenvalue weighted by Crippen LogP contribution is 2.38. The van der Waals surface area contributed by atoms with Gasteiger partial charge in [0.05, 0.1) is 28.0 Å². The predicted molar refractivity (Wildman–Crippen MR) is 140 cm³/mol. The van der Waals surface area contributed by atoms with Crippen LogP contribution in [0, 0.1) is 23.4 Å². The molecule has 3 aromatic rings. The molecule has 1 N–H and O–H groups in total. The Bertz CT molecular complexity index is 1460. The number of fused-ring (bicyclic) bond motifs is 4. The second-order valence-corrected chi connectivity index (χ2v) is 10.0. The van der Waals surface area contributed by atoms with Gasteiger partial charge < -0.3 is 10.2 Å². The van der Waals surface area contributed by atoms with Gasteiger partial charge in [-0.25, -0.2) is 13.2 Å². The summed E-state index contributed by atoms with van der Waals surface area (Å²) in [6.45, 7) is 2.01. The van der Waals surface area contributed by atoms with Crippen molar-refractivity contribution >= 4 is 34.7 Å². The molecule has 2 bridgehead atoms. The Labute approximate surface area is 223 Å². The van der Waals surface area contributed by atoms with Gasteiger partial charge in [0.2, 0.25) is 11.8 Å². The zero-order chi connectivity index (χ0) is 27.0. The number of benzene rings is 2. The molecule has 5 nitrogen and oxygen atoms in total. The van der Waals surface area contributed by atoms with Crippen molar-refractivity contribution in [1.82, 2.24) is 9.88 Å². The molecule has 1 aromatic heterocycles. The van der Waals surface area contributed by atoms with Crippen molar-refractivity contribution in [2.45, 2.75) is 38.6 Å². The fourth-order valence-electron chi connectivity index (χ4n) is 5.16. The van der Waals surface area contributed by atoms with Gasteiger partial charge in [-0.1, -0.05) is 31.0 Å². The van der Waals surface area contributed by atoms with E-state index < -0.39 is 29.4 Å². The summed E-state index contributed by atoms with van der Waals surface area (Å²) >= 11 is 5.86. The number of hydrogen-bond acceptors (Lipinski definition) is 3. The molecular weight excluding hydrogens is 515 g/mol. The van der Waals surface area contributed by atoms with E-state index >= 15 is 4.39 Å². The highest BCUT2D eigenvalue weighted by molar-refractivity contribution is 6.31. The number of rotatable bonds is 2. The van der Waals surface area contributed by atoms with Crippen molar-refractivity contribution in [2.75, 3.05) is 11.9 Å². The molecule has 0 aliphatic carbocycles. The van der Waals surface area contributed by atoms with Gasteiger partial charge in [-0.15, -0.1) is 0 Å². The Kier molecular flexibility index (Phi) is 7.25. The first kappa shape index (κ1) is 26.0. The molecule has 3 heterocycles. The zero-order valence-electron chi connectivity index (χ0n) is 20.6. The number of amides is 2. The molecule has 2 aliphatic rings. The Morgan fingerprint density at radius 2 is 1.82 bits per heavy atom. The predicted octanol–water partition coefficient (Wildman–Crippen LogP) is 6.93. The second kappa shape index (κ2) is 10.6. The van der Waals surface area contributed by atoms with Crippen LogP contribution in [0.2, 0.25) is 5.02 Å². The maximum absolute atomic E-state index is 15.0. The van der Waals surface area contributed by atoms with E-state index in [2.05, 4.69) is 10.3 Å². The van der Waals surface area contributed by atoms with E-state index in [1.807, 2.05) is 6.92 Å². The molecule has 196 valence electrons. The van der Waals surface area contributed by atoms with E-state index in [1.54, 1.807) is 29.3 Å². The van der Waals surface area contributed by atoms with Gasteiger partial charge in [-0.2, -0.15) is 0 Å². The van der Waals surface area contributed by atoms with Crippen molar-refractivity contribution in [3.05, 3.63) is 88.5 Å². The summed E-state index contributed by atoms with van der Waals surface area (Å²) in [5.74, 6) is -3.13. The summed E-state index contributed by atoms with van der Waals surface area (Å²) in [6.07, 6.45) is 4.69. The van der Waals surface area contributed by atoms with Crippen LogP contribution in [0.15, 0.2) is 54.7 Å². The summed E-state index contributed by atoms with van der Waals surface area (Å²) in [7, 11) is 0. The van der Waals surface area contributed by atoms with E-state index in [1.165, 1.54) is 18.2 Å². The third-order valence-corrected chi connectivity index (χ3v) is 7.48. The molecule has 0 saturated carbocycles. The molecule has 0 radical (unpaired) electrons. The molecule has 5 rings (SSSR count). The molecule has 2 atom stereocenters. The van der Waals surface area contributed by atoms with Gasteiger partial charge >= 0.3 is 0 Å². The fourth-order valence-corrected chi connectivity index (χ4v) is 5.32. The van der Waals surface area contributed by atoms with Gasteiger partial charge in [-0.05, 0) is 66.8 Å². The third-order valence-electron chi connectivity index (χ3n) is 7.19. The number of anilines is 1. The van der Waals surface area contributed by atoms with Crippen molar-refractivity contribution < 1.29 is 22.8 Å². The van der Waals surface area contributed by atoms with Crippen LogP contribution in [-0.2, 0) is 9.59 Å². The van der Waals surface area contributed by atoms with E-state index in [0.29, 0.717) is 36.2 Å². The van der Waals surface area contributed by atoms with Gasteiger partial charge in [0.25, 0.3) is 0 Å². The summed E-state index contributed by atoms with van der Waals surface area (Å²) in [5.41, 5.74) is 1.64. The number of carbonyl (C=O) groups excluding carboxylic acids is 2. The lowest BCUT2D eigenvalue weighted by atomic mass is 9.92. The van der Waals surface area contributed by atoms with Crippen LogP contribution in [0.4, 0.5) is 18.9 Å². The molecule has 0 saturated heterocycles. The SMILES string of the molecule is C[C@@H]1CCC[C@H](N2CCC(c3c(F)ccc(Cl)c3F)=CC2=O)c2cc(ccn2)-c2c(F)cccc2NC1=O. The second-order valence-electron chi connectivity index (χ2n) is 9.64. The fraction of sp³-hybridized carbons (Fsp3) is 0.276. The van der Waals surface area contributed by atoms with E-state index in [0.717, 1.165) is 12.1 Å². The molecule has 38 heavy (non-hydrogen) atoms. The zero-order valence-corrected chi connectivity index (χ0v) is 21.4. The van der Waals surface area contributed by atoms with Crippen LogP contribution in [0.25, 0.3) is 16.7 Å². The Balaban J connectivity index is 1.55. The summed E-state index contributed by atoms with van der Waals surface area (Å²) in [5, 5.41) is 2.63. The molecule has 2 amide bonds. The average molecular weight is 540 g/mol. The Morgan fingerprint density at radius 3 is 2.61 bits per heavy atom. The first-order valence-corrected chi connectivity index (χ1v) is 12.8. The summed E-state index contributed by atoms with van der Waals surface area (Å²) < 4.78 is 44.1. The van der Waals surface area contributed by atoms with Crippen LogP contribution >= 0.6 is 11.6 Å². The maximum Gasteiger partial charge on any atom is 0.247 e. The molecule has 0 spiro atoms. The third kappa shape index (κ3) is 4.92. The Hall–Kier alpha value is -3.65. The highest BCUT2D eigenvalue weighted by atomic mass is 35.5. The van der Waals surface area contributed by atoms with E-state index in [-0.39, 0.29) is 46.5 Å². The van der Waals surface area contributed by atoms with Crippen molar-refractivity contribution in [1.29, 1.82) is 0 Å². The van der Waals surface area contributed by atoms with Gasteiger partial charge in [-0.3, -0.25) is 14.6 Å². The smallest absolute Gasteiger partial charge is 0.247 e. The lowest BCUT2D eigenvalue weighted by Crippen LogP contribution is -2.38. The van der Waals surface area contributed by atoms with Crippen LogP contribution in [-0.4, -0.2) is 28.2 Å². The minimum Gasteiger partial charge on any atom is -0.330 e. The van der Waals surface area contributed by atoms with Gasteiger partial charge in [0, 0.05) is 30.3 Å². The quantitative estimate of drug-likeness (QED) is 0.359. The number of nitrogens with one attached hydrogen (secondary N) is 1. The molecule has 0 fully saturated rings. The van der Waals surface area contributed by atoms with Crippen LogP contribution in [0.1, 0.15) is 49.9 Å². The van der Waals surface area contributed by atoms with Crippen molar-refractivity contribution in [3.8, 4) is 11.1 Å². The Morgan fingerprint density at radius 1 is 1.03 bits per heavy atom. The maximum atomic E-state index is 15.0. The number of nitrogens with zero attached hydrogens (tertiary/aromatic N) is 2. The lowest BCUT2D eigenvalue weighted by Gasteiger charge is -2.34. The van der Waals surface area contributed by atoms with Gasteiger partial charge in [0.15, 0.2) is 5.82 Å². The molecule has 2 aromatic carbocycles. The number of pyridine rings is 1. The number of halogens is 4. The summed E-state index contributed by atoms with van der Waals surface area (Å²) in [6, 6.07) is 9.65. The van der Waals surface area contributed by atoms with Crippen molar-refractivity contribution in [3.63, 3.8) is 0 Å². The first-order chi connectivity index (χ1) is 18.2. The van der Waals surface area contributed by atoms with Crippen molar-refractivity contribution in [2.24, 2.45) is 5.92 Å².